The summed E-state index contributed by atoms with van der Waals surface area (Å²) in [6.45, 7) is 4.30. The van der Waals surface area contributed by atoms with Crippen molar-refractivity contribution >= 4 is 11.4 Å². The predicted molar refractivity (Wildman–Crippen MR) is 74.7 cm³/mol. The van der Waals surface area contributed by atoms with Crippen molar-refractivity contribution < 1.29 is 9.31 Å². The zero-order chi connectivity index (χ0) is 14.3. The van der Waals surface area contributed by atoms with Gasteiger partial charge in [-0.2, -0.15) is 0 Å². The van der Waals surface area contributed by atoms with Crippen LogP contribution in [0.15, 0.2) is 12.1 Å². The van der Waals surface area contributed by atoms with Crippen LogP contribution in [0.3, 0.4) is 0 Å². The first-order chi connectivity index (χ1) is 9.58. The van der Waals surface area contributed by atoms with E-state index in [1.165, 1.54) is 6.07 Å². The minimum Gasteiger partial charge on any atom is -0.366 e. The molecule has 0 aromatic heterocycles. The molecule has 3 rings (SSSR count). The number of nitrogens with zero attached hydrogens (tertiary/aromatic N) is 2. The van der Waals surface area contributed by atoms with Crippen LogP contribution in [0.2, 0.25) is 0 Å². The molecule has 0 spiro atoms. The number of hydrogen-bond acceptors (Lipinski definition) is 4. The molecule has 1 heterocycles. The number of rotatable bonds is 3. The minimum absolute atomic E-state index is 0.0238. The van der Waals surface area contributed by atoms with Gasteiger partial charge in [0.15, 0.2) is 5.82 Å². The van der Waals surface area contributed by atoms with Crippen molar-refractivity contribution in [2.24, 2.45) is 0 Å². The number of nitrogens with one attached hydrogen (secondary N) is 1. The molecule has 1 saturated heterocycles. The topological polar surface area (TPSA) is 58.4 Å². The molecule has 6 heteroatoms. The zero-order valence-electron chi connectivity index (χ0n) is 11.4. The van der Waals surface area contributed by atoms with Crippen LogP contribution in [0.1, 0.15) is 31.2 Å². The second-order valence-corrected chi connectivity index (χ2v) is 5.66. The summed E-state index contributed by atoms with van der Waals surface area (Å²) in [5.74, 6) is -0.369. The quantitative estimate of drug-likeness (QED) is 0.682. The number of hydrogen-bond donors (Lipinski definition) is 1. The van der Waals surface area contributed by atoms with Crippen molar-refractivity contribution in [3.63, 3.8) is 0 Å². The van der Waals surface area contributed by atoms with Crippen molar-refractivity contribution in [3.8, 4) is 0 Å². The molecule has 2 aliphatic rings. The molecule has 1 aromatic carbocycles. The van der Waals surface area contributed by atoms with Crippen molar-refractivity contribution in [1.29, 1.82) is 0 Å². The van der Waals surface area contributed by atoms with Crippen LogP contribution in [-0.2, 0) is 0 Å². The van der Waals surface area contributed by atoms with Crippen molar-refractivity contribution in [1.82, 2.24) is 5.32 Å². The SMILES string of the molecule is CC1CN(c2ccc([N+](=O)[O-])c(C3CC3)c2F)CCN1. The van der Waals surface area contributed by atoms with Gasteiger partial charge >= 0.3 is 0 Å². The van der Waals surface area contributed by atoms with E-state index in [0.29, 0.717) is 17.3 Å². The van der Waals surface area contributed by atoms with Gasteiger partial charge in [0.25, 0.3) is 5.69 Å². The molecular weight excluding hydrogens is 261 g/mol. The Hall–Kier alpha value is -1.69. The molecule has 2 fully saturated rings. The summed E-state index contributed by atoms with van der Waals surface area (Å²) in [4.78, 5) is 12.6. The summed E-state index contributed by atoms with van der Waals surface area (Å²) < 4.78 is 14.7. The van der Waals surface area contributed by atoms with E-state index in [2.05, 4.69) is 12.2 Å². The third-order valence-electron chi connectivity index (χ3n) is 4.03. The van der Waals surface area contributed by atoms with E-state index in [0.717, 1.165) is 32.5 Å². The maximum Gasteiger partial charge on any atom is 0.275 e. The number of nitro benzene ring substituents is 1. The lowest BCUT2D eigenvalue weighted by atomic mass is 10.0. The van der Waals surface area contributed by atoms with Gasteiger partial charge in [0, 0.05) is 31.7 Å². The first-order valence-electron chi connectivity index (χ1n) is 7.03. The first kappa shape index (κ1) is 13.3. The number of piperazine rings is 1. The third-order valence-corrected chi connectivity index (χ3v) is 4.03. The van der Waals surface area contributed by atoms with Crippen LogP contribution in [0.5, 0.6) is 0 Å². The summed E-state index contributed by atoms with van der Waals surface area (Å²) in [7, 11) is 0. The van der Waals surface area contributed by atoms with Crippen molar-refractivity contribution in [2.45, 2.75) is 31.7 Å². The molecule has 108 valence electrons. The molecule has 1 aromatic rings. The van der Waals surface area contributed by atoms with E-state index in [9.17, 15) is 14.5 Å². The normalized spacial score (nSPS) is 22.9. The third kappa shape index (κ3) is 2.35. The fraction of sp³-hybridized carbons (Fsp3) is 0.571. The molecule has 1 aliphatic carbocycles. The Morgan fingerprint density at radius 3 is 2.80 bits per heavy atom. The summed E-state index contributed by atoms with van der Waals surface area (Å²) in [5, 5.41) is 14.4. The van der Waals surface area contributed by atoms with Crippen LogP contribution in [0, 0.1) is 15.9 Å². The lowest BCUT2D eigenvalue weighted by molar-refractivity contribution is -0.385. The van der Waals surface area contributed by atoms with Gasteiger partial charge in [-0.15, -0.1) is 0 Å². The highest BCUT2D eigenvalue weighted by atomic mass is 19.1. The van der Waals surface area contributed by atoms with Gasteiger partial charge in [0.05, 0.1) is 16.2 Å². The Morgan fingerprint density at radius 2 is 2.20 bits per heavy atom. The molecule has 1 unspecified atom stereocenters. The lowest BCUT2D eigenvalue weighted by Crippen LogP contribution is -2.49. The van der Waals surface area contributed by atoms with Gasteiger partial charge in [-0.05, 0) is 31.7 Å². The van der Waals surface area contributed by atoms with Crippen LogP contribution in [-0.4, -0.2) is 30.6 Å². The van der Waals surface area contributed by atoms with Gasteiger partial charge in [0.2, 0.25) is 0 Å². The van der Waals surface area contributed by atoms with Crippen LogP contribution >= 0.6 is 0 Å². The smallest absolute Gasteiger partial charge is 0.275 e. The monoisotopic (exact) mass is 279 g/mol. The fourth-order valence-corrected chi connectivity index (χ4v) is 2.89. The van der Waals surface area contributed by atoms with E-state index < -0.39 is 10.7 Å². The number of anilines is 1. The van der Waals surface area contributed by atoms with E-state index in [-0.39, 0.29) is 11.6 Å². The maximum atomic E-state index is 14.7. The highest BCUT2D eigenvalue weighted by Crippen LogP contribution is 2.47. The van der Waals surface area contributed by atoms with Gasteiger partial charge < -0.3 is 10.2 Å². The fourth-order valence-electron chi connectivity index (χ4n) is 2.89. The number of benzene rings is 1. The van der Waals surface area contributed by atoms with Crippen LogP contribution in [0.4, 0.5) is 15.8 Å². The summed E-state index contributed by atoms with van der Waals surface area (Å²) in [6, 6.07) is 3.30. The Bertz CT molecular complexity index is 545. The molecule has 5 nitrogen and oxygen atoms in total. The van der Waals surface area contributed by atoms with E-state index in [1.807, 2.05) is 4.90 Å². The lowest BCUT2D eigenvalue weighted by Gasteiger charge is -2.34. The second-order valence-electron chi connectivity index (χ2n) is 5.66. The number of nitro groups is 1. The van der Waals surface area contributed by atoms with Crippen molar-refractivity contribution in [2.75, 3.05) is 24.5 Å². The van der Waals surface area contributed by atoms with E-state index in [1.54, 1.807) is 6.07 Å². The van der Waals surface area contributed by atoms with Crippen LogP contribution < -0.4 is 10.2 Å². The molecule has 0 amide bonds. The Morgan fingerprint density at radius 1 is 1.45 bits per heavy atom. The highest BCUT2D eigenvalue weighted by molar-refractivity contribution is 5.59. The summed E-state index contributed by atoms with van der Waals surface area (Å²) in [6.07, 6.45) is 1.69. The maximum absolute atomic E-state index is 14.7. The molecule has 1 N–H and O–H groups in total. The molecular formula is C14H18FN3O2. The largest absolute Gasteiger partial charge is 0.366 e. The highest BCUT2D eigenvalue weighted by Gasteiger charge is 2.36. The molecule has 0 bridgehead atoms. The average Bonchev–Trinajstić information content (AvgIpc) is 3.22. The second kappa shape index (κ2) is 5.01. The van der Waals surface area contributed by atoms with Gasteiger partial charge in [-0.25, -0.2) is 4.39 Å². The molecule has 1 aliphatic heterocycles. The Kier molecular flexibility index (Phi) is 3.33. The van der Waals surface area contributed by atoms with Crippen molar-refractivity contribution in [3.05, 3.63) is 33.6 Å². The molecule has 20 heavy (non-hydrogen) atoms. The summed E-state index contributed by atoms with van der Waals surface area (Å²) in [5.41, 5.74) is 0.737. The average molecular weight is 279 g/mol. The Balaban J connectivity index is 2.00. The standard InChI is InChI=1S/C14H18FN3O2/c1-9-8-17(7-6-16-9)12-5-4-11(18(19)20)13(14(12)15)10-2-3-10/h4-5,9-10,16H,2-3,6-8H2,1H3. The molecule has 1 atom stereocenters. The zero-order valence-corrected chi connectivity index (χ0v) is 11.4. The molecule has 1 saturated carbocycles. The van der Waals surface area contributed by atoms with E-state index >= 15 is 0 Å². The predicted octanol–water partition coefficient (Wildman–Crippen LogP) is 2.41. The minimum atomic E-state index is -0.471. The van der Waals surface area contributed by atoms with Crippen LogP contribution in [0.25, 0.3) is 0 Å². The number of halogens is 1. The Labute approximate surface area is 116 Å². The van der Waals surface area contributed by atoms with Gasteiger partial charge in [0.1, 0.15) is 0 Å². The van der Waals surface area contributed by atoms with Gasteiger partial charge in [-0.1, -0.05) is 0 Å². The molecule has 0 radical (unpaired) electrons. The first-order valence-corrected chi connectivity index (χ1v) is 7.03. The van der Waals surface area contributed by atoms with Gasteiger partial charge in [-0.3, -0.25) is 10.1 Å². The summed E-state index contributed by atoms with van der Waals surface area (Å²) >= 11 is 0. The van der Waals surface area contributed by atoms with E-state index in [4.69, 9.17) is 0 Å².